The van der Waals surface area contributed by atoms with Crippen LogP contribution in [0.4, 0.5) is 0 Å². The number of aromatic nitrogens is 1. The number of hydrogen-bond donors (Lipinski definition) is 0. The monoisotopic (exact) mass is 410 g/mol. The Morgan fingerprint density at radius 2 is 1.76 bits per heavy atom. The van der Waals surface area contributed by atoms with Gasteiger partial charge >= 0.3 is 0 Å². The average molecular weight is 411 g/mol. The Bertz CT molecular complexity index is 1030. The summed E-state index contributed by atoms with van der Waals surface area (Å²) in [4.78, 5) is 7.73. The molecule has 1 aliphatic carbocycles. The van der Waals surface area contributed by atoms with Gasteiger partial charge < -0.3 is 4.90 Å². The number of nitrogens with zero attached hydrogens (tertiary/aromatic N) is 2. The van der Waals surface area contributed by atoms with E-state index in [9.17, 15) is 8.42 Å². The molecule has 0 atom stereocenters. The molecule has 0 amide bonds. The van der Waals surface area contributed by atoms with Crippen LogP contribution in [0.5, 0.6) is 0 Å². The Morgan fingerprint density at radius 3 is 2.48 bits per heavy atom. The lowest BCUT2D eigenvalue weighted by Gasteiger charge is -2.29. The van der Waals surface area contributed by atoms with Crippen LogP contribution < -0.4 is 0 Å². The number of sulfone groups is 1. The van der Waals surface area contributed by atoms with Gasteiger partial charge in [0.15, 0.2) is 9.84 Å². The predicted molar refractivity (Wildman–Crippen MR) is 118 cm³/mol. The van der Waals surface area contributed by atoms with E-state index in [-0.39, 0.29) is 5.75 Å². The van der Waals surface area contributed by atoms with Crippen LogP contribution in [0.1, 0.15) is 55.5 Å². The van der Waals surface area contributed by atoms with E-state index >= 15 is 0 Å². The lowest BCUT2D eigenvalue weighted by molar-refractivity contribution is 0.270. The SMILES string of the molecule is CCCS(=O)(=O)c1ccc2c(c1)CCc1cccnc1C2=C1CCN(CC)CC1. The second-order valence-electron chi connectivity index (χ2n) is 8.06. The summed E-state index contributed by atoms with van der Waals surface area (Å²) in [6.07, 6.45) is 6.36. The molecule has 1 aromatic carbocycles. The number of likely N-dealkylation sites (tertiary alicyclic amines) is 1. The van der Waals surface area contributed by atoms with Crippen molar-refractivity contribution in [3.8, 4) is 0 Å². The van der Waals surface area contributed by atoms with Gasteiger partial charge in [-0.15, -0.1) is 0 Å². The van der Waals surface area contributed by atoms with Gasteiger partial charge in [-0.25, -0.2) is 8.42 Å². The first kappa shape index (κ1) is 20.3. The summed E-state index contributed by atoms with van der Waals surface area (Å²) in [5, 5.41) is 0. The van der Waals surface area contributed by atoms with Crippen molar-refractivity contribution < 1.29 is 8.42 Å². The molecule has 0 radical (unpaired) electrons. The first-order valence-corrected chi connectivity index (χ1v) is 12.4. The molecule has 1 aliphatic heterocycles. The number of piperidine rings is 1. The van der Waals surface area contributed by atoms with Gasteiger partial charge in [0.05, 0.1) is 16.3 Å². The molecule has 0 N–H and O–H groups in total. The lowest BCUT2D eigenvalue weighted by Crippen LogP contribution is -2.30. The first-order valence-electron chi connectivity index (χ1n) is 10.8. The lowest BCUT2D eigenvalue weighted by atomic mass is 9.88. The van der Waals surface area contributed by atoms with Crippen molar-refractivity contribution in [1.82, 2.24) is 9.88 Å². The highest BCUT2D eigenvalue weighted by atomic mass is 32.2. The summed E-state index contributed by atoms with van der Waals surface area (Å²) in [6, 6.07) is 9.95. The van der Waals surface area contributed by atoms with Crippen molar-refractivity contribution in [3.05, 3.63) is 64.5 Å². The summed E-state index contributed by atoms with van der Waals surface area (Å²) in [5.74, 6) is 0.203. The maximum atomic E-state index is 12.6. The van der Waals surface area contributed by atoms with Crippen molar-refractivity contribution in [2.75, 3.05) is 25.4 Å². The largest absolute Gasteiger partial charge is 0.303 e. The van der Waals surface area contributed by atoms with Gasteiger partial charge in [0.25, 0.3) is 0 Å². The molecule has 29 heavy (non-hydrogen) atoms. The normalized spacial score (nSPS) is 17.6. The van der Waals surface area contributed by atoms with E-state index in [0.717, 1.165) is 56.6 Å². The minimum atomic E-state index is -3.21. The molecule has 1 aromatic heterocycles. The Labute approximate surface area is 174 Å². The van der Waals surface area contributed by atoms with Gasteiger partial charge in [-0.3, -0.25) is 4.98 Å². The summed E-state index contributed by atoms with van der Waals surface area (Å²) in [5.41, 5.74) is 7.39. The Hall–Kier alpha value is -1.98. The fraction of sp³-hybridized carbons (Fsp3) is 0.458. The highest BCUT2D eigenvalue weighted by molar-refractivity contribution is 7.91. The summed E-state index contributed by atoms with van der Waals surface area (Å²) >= 11 is 0. The van der Waals surface area contributed by atoms with Gasteiger partial charge in [-0.05, 0) is 73.5 Å². The molecule has 4 nitrogen and oxygen atoms in total. The van der Waals surface area contributed by atoms with E-state index in [4.69, 9.17) is 4.98 Å². The Morgan fingerprint density at radius 1 is 1.00 bits per heavy atom. The highest BCUT2D eigenvalue weighted by Crippen LogP contribution is 2.38. The van der Waals surface area contributed by atoms with E-state index in [0.29, 0.717) is 11.3 Å². The molecule has 0 spiro atoms. The molecule has 2 aliphatic rings. The standard InChI is InChI=1S/C24H30N2O2S/c1-3-16-29(27,28)21-9-10-22-20(17-21)8-7-19-6-5-13-25-24(19)23(22)18-11-14-26(4-2)15-12-18/h5-6,9-10,13,17H,3-4,7-8,11-12,14-16H2,1-2H3. The van der Waals surface area contributed by atoms with E-state index in [1.54, 1.807) is 6.07 Å². The summed E-state index contributed by atoms with van der Waals surface area (Å²) in [7, 11) is -3.21. The maximum Gasteiger partial charge on any atom is 0.178 e. The predicted octanol–water partition coefficient (Wildman–Crippen LogP) is 4.28. The number of fused-ring (bicyclic) bond motifs is 2. The Kier molecular flexibility index (Phi) is 5.88. The molecule has 2 aromatic rings. The van der Waals surface area contributed by atoms with Gasteiger partial charge in [0.2, 0.25) is 0 Å². The van der Waals surface area contributed by atoms with Crippen molar-refractivity contribution in [3.63, 3.8) is 0 Å². The van der Waals surface area contributed by atoms with Crippen LogP contribution in [-0.2, 0) is 22.7 Å². The van der Waals surface area contributed by atoms with E-state index in [2.05, 4.69) is 17.9 Å². The van der Waals surface area contributed by atoms with E-state index in [1.807, 2.05) is 31.3 Å². The fourth-order valence-corrected chi connectivity index (χ4v) is 5.98. The summed E-state index contributed by atoms with van der Waals surface area (Å²) < 4.78 is 25.3. The van der Waals surface area contributed by atoms with Crippen LogP contribution in [0.15, 0.2) is 47.0 Å². The molecule has 2 heterocycles. The highest BCUT2D eigenvalue weighted by Gasteiger charge is 2.26. The zero-order chi connectivity index (χ0) is 20.4. The van der Waals surface area contributed by atoms with Crippen LogP contribution in [-0.4, -0.2) is 43.7 Å². The molecule has 0 bridgehead atoms. The van der Waals surface area contributed by atoms with Crippen LogP contribution in [0.2, 0.25) is 0 Å². The molecular formula is C24H30N2O2S. The van der Waals surface area contributed by atoms with E-state index < -0.39 is 9.84 Å². The van der Waals surface area contributed by atoms with Crippen LogP contribution in [0.25, 0.3) is 5.57 Å². The Balaban J connectivity index is 1.85. The third kappa shape index (κ3) is 4.03. The smallest absolute Gasteiger partial charge is 0.178 e. The van der Waals surface area contributed by atoms with Gasteiger partial charge in [0.1, 0.15) is 0 Å². The average Bonchev–Trinajstić information content (AvgIpc) is 2.90. The third-order valence-electron chi connectivity index (χ3n) is 6.23. The number of pyridine rings is 1. The third-order valence-corrected chi connectivity index (χ3v) is 8.15. The van der Waals surface area contributed by atoms with E-state index in [1.165, 1.54) is 22.3 Å². The molecule has 0 unspecified atom stereocenters. The quantitative estimate of drug-likeness (QED) is 0.755. The van der Waals surface area contributed by atoms with Crippen LogP contribution >= 0.6 is 0 Å². The second kappa shape index (κ2) is 8.41. The minimum absolute atomic E-state index is 0.203. The number of rotatable bonds is 4. The zero-order valence-corrected chi connectivity index (χ0v) is 18.3. The molecule has 1 saturated heterocycles. The van der Waals surface area contributed by atoms with Gasteiger partial charge in [0, 0.05) is 24.9 Å². The molecule has 1 fully saturated rings. The number of benzene rings is 1. The van der Waals surface area contributed by atoms with Crippen molar-refractivity contribution >= 4 is 15.4 Å². The van der Waals surface area contributed by atoms with Crippen LogP contribution in [0, 0.1) is 0 Å². The van der Waals surface area contributed by atoms with Crippen molar-refractivity contribution in [1.29, 1.82) is 0 Å². The molecule has 4 rings (SSSR count). The molecule has 154 valence electrons. The minimum Gasteiger partial charge on any atom is -0.303 e. The van der Waals surface area contributed by atoms with Gasteiger partial charge in [-0.1, -0.05) is 31.6 Å². The second-order valence-corrected chi connectivity index (χ2v) is 10.2. The molecular weight excluding hydrogens is 380 g/mol. The topological polar surface area (TPSA) is 50.3 Å². The molecule has 5 heteroatoms. The fourth-order valence-electron chi connectivity index (χ4n) is 4.61. The van der Waals surface area contributed by atoms with Gasteiger partial charge in [-0.2, -0.15) is 0 Å². The van der Waals surface area contributed by atoms with Crippen LogP contribution in [0.3, 0.4) is 0 Å². The first-order chi connectivity index (χ1) is 14.0. The number of hydrogen-bond acceptors (Lipinski definition) is 4. The van der Waals surface area contributed by atoms with Crippen molar-refractivity contribution in [2.24, 2.45) is 0 Å². The number of aryl methyl sites for hydroxylation is 2. The summed E-state index contributed by atoms with van der Waals surface area (Å²) in [6.45, 7) is 7.38. The van der Waals surface area contributed by atoms with Crippen molar-refractivity contribution in [2.45, 2.75) is 50.8 Å². The maximum absolute atomic E-state index is 12.6. The molecule has 0 saturated carbocycles. The zero-order valence-electron chi connectivity index (χ0n) is 17.4.